The second-order valence-corrected chi connectivity index (χ2v) is 11.0. The van der Waals surface area contributed by atoms with Gasteiger partial charge in [-0.15, -0.1) is 0 Å². The molecule has 196 valence electrons. The Morgan fingerprint density at radius 3 is 2.84 bits per heavy atom. The van der Waals surface area contributed by atoms with Gasteiger partial charge in [0.05, 0.1) is 36.8 Å². The number of piperazine rings is 1. The molecule has 0 spiro atoms. The van der Waals surface area contributed by atoms with Crippen LogP contribution in [0, 0.1) is 11.3 Å². The molecule has 1 aromatic carbocycles. The summed E-state index contributed by atoms with van der Waals surface area (Å²) in [6.07, 6.45) is 2.93. The molecular weight excluding hydrogens is 597 g/mol. The molecular formula is C25H27F2IN6O3. The van der Waals surface area contributed by atoms with Crippen LogP contribution in [0.2, 0.25) is 0 Å². The molecule has 3 aliphatic heterocycles. The molecule has 37 heavy (non-hydrogen) atoms. The number of carbonyl (C=O) groups excluding carboxylic acids is 2. The smallest absolute Gasteiger partial charge is 0.268 e. The summed E-state index contributed by atoms with van der Waals surface area (Å²) in [5.41, 5.74) is 0.884. The lowest BCUT2D eigenvalue weighted by Crippen LogP contribution is -2.43. The van der Waals surface area contributed by atoms with Gasteiger partial charge in [0.1, 0.15) is 11.8 Å². The van der Waals surface area contributed by atoms with Gasteiger partial charge in [-0.2, -0.15) is 5.26 Å². The Morgan fingerprint density at radius 1 is 1.27 bits per heavy atom. The topological polar surface area (TPSA) is 102 Å². The van der Waals surface area contributed by atoms with Crippen LogP contribution in [-0.4, -0.2) is 93.1 Å². The highest BCUT2D eigenvalue weighted by molar-refractivity contribution is 14.1. The van der Waals surface area contributed by atoms with E-state index < -0.39 is 43.3 Å². The number of rotatable bonds is 8. The predicted octanol–water partition coefficient (Wildman–Crippen LogP) is 2.60. The highest BCUT2D eigenvalue weighted by atomic mass is 127. The largest absolute Gasteiger partial charge is 0.494 e. The first-order chi connectivity index (χ1) is 17.7. The summed E-state index contributed by atoms with van der Waals surface area (Å²) in [6, 6.07) is 8.67. The number of hydrogen-bond donors (Lipinski definition) is 1. The van der Waals surface area contributed by atoms with Crippen molar-refractivity contribution in [3.05, 3.63) is 36.0 Å². The van der Waals surface area contributed by atoms with Gasteiger partial charge in [0.25, 0.3) is 11.8 Å². The van der Waals surface area contributed by atoms with Gasteiger partial charge in [-0.1, -0.05) is 0 Å². The standard InChI is InChI=1S/C25H27F2IN6O3/c26-25(27)10-18(11-29)33(15-25)23(35)12-31-24(36)20-4-5-30-22-3-2-19(9-21(20)22)37-7-1-6-32-13-17-8-16(32)14-34(17)28/h2-5,9,16-18H,1,6-8,10,12-15H2,(H,31,36)/t16-,17-,18-/m0/s1. The molecule has 2 bridgehead atoms. The third kappa shape index (κ3) is 5.63. The zero-order chi connectivity index (χ0) is 26.2. The molecule has 9 nitrogen and oxygen atoms in total. The Morgan fingerprint density at radius 2 is 2.11 bits per heavy atom. The Hall–Kier alpha value is -2.63. The van der Waals surface area contributed by atoms with Gasteiger partial charge in [0.15, 0.2) is 0 Å². The number of nitrogens with one attached hydrogen (secondary N) is 1. The molecule has 12 heteroatoms. The highest BCUT2D eigenvalue weighted by Gasteiger charge is 2.47. The molecule has 1 N–H and O–H groups in total. The van der Waals surface area contributed by atoms with Crippen molar-refractivity contribution in [2.45, 2.75) is 43.3 Å². The summed E-state index contributed by atoms with van der Waals surface area (Å²) in [4.78, 5) is 33.0. The zero-order valence-electron chi connectivity index (χ0n) is 20.1. The minimum absolute atomic E-state index is 0.295. The lowest BCUT2D eigenvalue weighted by molar-refractivity contribution is -0.131. The summed E-state index contributed by atoms with van der Waals surface area (Å²) in [7, 11) is 0. The summed E-state index contributed by atoms with van der Waals surface area (Å²) in [5.74, 6) is -3.76. The number of fused-ring (bicyclic) bond motifs is 3. The third-order valence-corrected chi connectivity index (χ3v) is 8.42. The third-order valence-electron chi connectivity index (χ3n) is 7.24. The van der Waals surface area contributed by atoms with E-state index in [4.69, 9.17) is 10.00 Å². The average molecular weight is 624 g/mol. The van der Waals surface area contributed by atoms with E-state index >= 15 is 0 Å². The fraction of sp³-hybridized carbons (Fsp3) is 0.520. The fourth-order valence-corrected chi connectivity index (χ4v) is 6.25. The molecule has 4 heterocycles. The van der Waals surface area contributed by atoms with Crippen LogP contribution < -0.4 is 10.1 Å². The lowest BCUT2D eigenvalue weighted by atomic mass is 10.1. The van der Waals surface area contributed by atoms with Gasteiger partial charge in [-0.3, -0.25) is 19.5 Å². The highest BCUT2D eigenvalue weighted by Crippen LogP contribution is 2.33. The van der Waals surface area contributed by atoms with Crippen molar-refractivity contribution in [2.24, 2.45) is 0 Å². The number of benzene rings is 1. The first-order valence-electron chi connectivity index (χ1n) is 12.3. The van der Waals surface area contributed by atoms with Crippen LogP contribution in [0.1, 0.15) is 29.6 Å². The minimum atomic E-state index is -3.11. The van der Waals surface area contributed by atoms with E-state index in [0.29, 0.717) is 40.9 Å². The number of likely N-dealkylation sites (tertiary alicyclic amines) is 2. The van der Waals surface area contributed by atoms with Gasteiger partial charge in [0, 0.05) is 72.6 Å². The second-order valence-electron chi connectivity index (χ2n) is 9.77. The first-order valence-corrected chi connectivity index (χ1v) is 13.2. The number of alkyl halides is 2. The Bertz CT molecular complexity index is 1240. The van der Waals surface area contributed by atoms with Crippen molar-refractivity contribution >= 4 is 45.6 Å². The zero-order valence-corrected chi connectivity index (χ0v) is 22.2. The minimum Gasteiger partial charge on any atom is -0.494 e. The molecule has 0 aliphatic carbocycles. The quantitative estimate of drug-likeness (QED) is 0.274. The van der Waals surface area contributed by atoms with E-state index in [1.807, 2.05) is 6.07 Å². The molecule has 0 radical (unpaired) electrons. The first kappa shape index (κ1) is 26.0. The molecule has 5 rings (SSSR count). The van der Waals surface area contributed by atoms with Gasteiger partial charge >= 0.3 is 0 Å². The van der Waals surface area contributed by atoms with Crippen molar-refractivity contribution in [3.63, 3.8) is 0 Å². The number of nitrogens with zero attached hydrogens (tertiary/aromatic N) is 5. The molecule has 3 aliphatic rings. The van der Waals surface area contributed by atoms with E-state index in [1.165, 1.54) is 18.7 Å². The Kier molecular flexibility index (Phi) is 7.46. The number of pyridine rings is 1. The van der Waals surface area contributed by atoms with E-state index in [2.05, 4.69) is 41.2 Å². The predicted molar refractivity (Wildman–Crippen MR) is 139 cm³/mol. The SMILES string of the molecule is N#C[C@@H]1CC(F)(F)CN1C(=O)CNC(=O)c1ccnc2ccc(OCCCN3C[C@@H]4C[C@H]3CN4I)cc12. The van der Waals surface area contributed by atoms with E-state index in [-0.39, 0.29) is 0 Å². The van der Waals surface area contributed by atoms with Gasteiger partial charge < -0.3 is 15.0 Å². The Balaban J connectivity index is 1.17. The van der Waals surface area contributed by atoms with E-state index in [0.717, 1.165) is 31.0 Å². The van der Waals surface area contributed by atoms with Gasteiger partial charge in [-0.05, 0) is 37.1 Å². The van der Waals surface area contributed by atoms with Crippen molar-refractivity contribution in [3.8, 4) is 11.8 Å². The molecule has 3 fully saturated rings. The molecule has 0 unspecified atom stereocenters. The number of ether oxygens (including phenoxy) is 1. The number of halogens is 3. The monoisotopic (exact) mass is 624 g/mol. The number of nitriles is 1. The molecule has 1 aromatic heterocycles. The normalized spacial score (nSPS) is 24.9. The maximum atomic E-state index is 13.7. The maximum Gasteiger partial charge on any atom is 0.268 e. The van der Waals surface area contributed by atoms with E-state index in [1.54, 1.807) is 18.2 Å². The molecule has 2 aromatic rings. The Labute approximate surface area is 227 Å². The second kappa shape index (κ2) is 10.6. The van der Waals surface area contributed by atoms with Crippen LogP contribution in [0.4, 0.5) is 8.78 Å². The molecule has 0 saturated carbocycles. The van der Waals surface area contributed by atoms with Crippen molar-refractivity contribution in [1.29, 1.82) is 5.26 Å². The van der Waals surface area contributed by atoms with Crippen LogP contribution in [0.3, 0.4) is 0 Å². The van der Waals surface area contributed by atoms with Gasteiger partial charge in [-0.25, -0.2) is 11.9 Å². The summed E-state index contributed by atoms with van der Waals surface area (Å²) in [6.45, 7) is 2.44. The maximum absolute atomic E-state index is 13.7. The van der Waals surface area contributed by atoms with E-state index in [9.17, 15) is 18.4 Å². The number of hydrogen-bond acceptors (Lipinski definition) is 7. The van der Waals surface area contributed by atoms with Crippen LogP contribution >= 0.6 is 22.9 Å². The van der Waals surface area contributed by atoms with Crippen molar-refractivity contribution < 1.29 is 23.1 Å². The van der Waals surface area contributed by atoms with Crippen LogP contribution in [0.25, 0.3) is 10.9 Å². The summed E-state index contributed by atoms with van der Waals surface area (Å²) < 4.78 is 35.7. The number of amides is 2. The molecule has 3 atom stereocenters. The summed E-state index contributed by atoms with van der Waals surface area (Å²) >= 11 is 2.41. The molecule has 2 amide bonds. The number of carbonyl (C=O) groups is 2. The molecule has 3 saturated heterocycles. The van der Waals surface area contributed by atoms with Crippen molar-refractivity contribution in [2.75, 3.05) is 39.3 Å². The summed E-state index contributed by atoms with van der Waals surface area (Å²) in [5, 5.41) is 12.2. The van der Waals surface area contributed by atoms with Crippen LogP contribution in [0.5, 0.6) is 5.75 Å². The number of aromatic nitrogens is 1. The van der Waals surface area contributed by atoms with Crippen LogP contribution in [0.15, 0.2) is 30.5 Å². The van der Waals surface area contributed by atoms with Crippen LogP contribution in [-0.2, 0) is 4.79 Å². The fourth-order valence-electron chi connectivity index (χ4n) is 5.39. The lowest BCUT2D eigenvalue weighted by Gasteiger charge is -2.30. The van der Waals surface area contributed by atoms with Crippen molar-refractivity contribution in [1.82, 2.24) is 23.2 Å². The van der Waals surface area contributed by atoms with Gasteiger partial charge in [0.2, 0.25) is 5.91 Å². The average Bonchev–Trinajstić information content (AvgIpc) is 3.55.